The van der Waals surface area contributed by atoms with Crippen molar-refractivity contribution in [2.24, 2.45) is 5.92 Å². The van der Waals surface area contributed by atoms with Gasteiger partial charge in [-0.25, -0.2) is 0 Å². The fourth-order valence-electron chi connectivity index (χ4n) is 1.49. The van der Waals surface area contributed by atoms with Crippen molar-refractivity contribution in [2.75, 3.05) is 18.9 Å². The normalized spacial score (nSPS) is 14.8. The van der Waals surface area contributed by atoms with Crippen molar-refractivity contribution in [2.45, 2.75) is 25.7 Å². The van der Waals surface area contributed by atoms with E-state index in [2.05, 4.69) is 20.8 Å². The predicted molar refractivity (Wildman–Crippen MR) is 63.7 cm³/mol. The second-order valence-corrected chi connectivity index (χ2v) is 4.98. The van der Waals surface area contributed by atoms with Crippen molar-refractivity contribution in [3.8, 4) is 0 Å². The topological polar surface area (TPSA) is 66.9 Å². The molecule has 2 rings (SSSR count). The summed E-state index contributed by atoms with van der Waals surface area (Å²) < 4.78 is 0. The standard InChI is InChI=1S/C10H16N4OS/c1-11-10-14-13-9(16-10)8(15)12-6-2-3-7-4-5-7/h7H,2-6H2,1H3,(H,11,14)(H,12,15). The molecule has 0 aliphatic heterocycles. The highest BCUT2D eigenvalue weighted by molar-refractivity contribution is 7.17. The van der Waals surface area contributed by atoms with Crippen LogP contribution in [0.1, 0.15) is 35.5 Å². The molecule has 16 heavy (non-hydrogen) atoms. The van der Waals surface area contributed by atoms with E-state index in [1.807, 2.05) is 0 Å². The maximum absolute atomic E-state index is 11.6. The first-order valence-electron chi connectivity index (χ1n) is 5.59. The van der Waals surface area contributed by atoms with Gasteiger partial charge in [-0.05, 0) is 18.8 Å². The van der Waals surface area contributed by atoms with Crippen LogP contribution < -0.4 is 10.6 Å². The summed E-state index contributed by atoms with van der Waals surface area (Å²) in [5.74, 6) is 0.809. The van der Waals surface area contributed by atoms with Crippen molar-refractivity contribution in [1.29, 1.82) is 0 Å². The van der Waals surface area contributed by atoms with Crippen LogP contribution in [0.15, 0.2) is 0 Å². The molecule has 2 N–H and O–H groups in total. The van der Waals surface area contributed by atoms with Gasteiger partial charge in [0.25, 0.3) is 5.91 Å². The quantitative estimate of drug-likeness (QED) is 0.739. The van der Waals surface area contributed by atoms with Gasteiger partial charge in [0.1, 0.15) is 0 Å². The summed E-state index contributed by atoms with van der Waals surface area (Å²) in [6.45, 7) is 0.740. The van der Waals surface area contributed by atoms with E-state index in [0.717, 1.165) is 18.9 Å². The summed E-state index contributed by atoms with van der Waals surface area (Å²) in [4.78, 5) is 11.6. The van der Waals surface area contributed by atoms with E-state index in [9.17, 15) is 4.79 Å². The monoisotopic (exact) mass is 240 g/mol. The second-order valence-electron chi connectivity index (χ2n) is 4.00. The van der Waals surface area contributed by atoms with Gasteiger partial charge >= 0.3 is 0 Å². The fourth-order valence-corrected chi connectivity index (χ4v) is 2.10. The predicted octanol–water partition coefficient (Wildman–Crippen LogP) is 1.50. The fraction of sp³-hybridized carbons (Fsp3) is 0.700. The van der Waals surface area contributed by atoms with Gasteiger partial charge in [-0.3, -0.25) is 4.79 Å². The Balaban J connectivity index is 1.69. The van der Waals surface area contributed by atoms with Crippen LogP contribution in [-0.4, -0.2) is 29.7 Å². The molecule has 1 aromatic heterocycles. The van der Waals surface area contributed by atoms with Gasteiger partial charge in [0.2, 0.25) is 10.1 Å². The average molecular weight is 240 g/mol. The molecular weight excluding hydrogens is 224 g/mol. The Labute approximate surface area is 98.7 Å². The summed E-state index contributed by atoms with van der Waals surface area (Å²) in [6, 6.07) is 0. The zero-order chi connectivity index (χ0) is 11.4. The molecule has 1 aromatic rings. The largest absolute Gasteiger partial charge is 0.363 e. The smallest absolute Gasteiger partial charge is 0.282 e. The SMILES string of the molecule is CNc1nnc(C(=O)NCCCC2CC2)s1. The molecule has 0 radical (unpaired) electrons. The first-order chi connectivity index (χ1) is 7.79. The molecule has 5 nitrogen and oxygen atoms in total. The molecule has 0 aromatic carbocycles. The Kier molecular flexibility index (Phi) is 3.71. The van der Waals surface area contributed by atoms with Crippen LogP contribution in [0.3, 0.4) is 0 Å². The molecule has 1 saturated carbocycles. The van der Waals surface area contributed by atoms with E-state index in [4.69, 9.17) is 0 Å². The van der Waals surface area contributed by atoms with Gasteiger partial charge in [-0.1, -0.05) is 24.2 Å². The molecule has 0 bridgehead atoms. The van der Waals surface area contributed by atoms with Crippen molar-refractivity contribution < 1.29 is 4.79 Å². The maximum atomic E-state index is 11.6. The molecule has 0 atom stereocenters. The van der Waals surface area contributed by atoms with Crippen LogP contribution in [0.4, 0.5) is 5.13 Å². The van der Waals surface area contributed by atoms with Gasteiger partial charge in [0.05, 0.1) is 0 Å². The molecule has 0 saturated heterocycles. The van der Waals surface area contributed by atoms with E-state index < -0.39 is 0 Å². The van der Waals surface area contributed by atoms with Gasteiger partial charge in [-0.2, -0.15) is 0 Å². The molecule has 0 unspecified atom stereocenters. The van der Waals surface area contributed by atoms with E-state index in [1.165, 1.54) is 30.6 Å². The van der Waals surface area contributed by atoms with Crippen LogP contribution in [0.2, 0.25) is 0 Å². The van der Waals surface area contributed by atoms with E-state index in [-0.39, 0.29) is 5.91 Å². The van der Waals surface area contributed by atoms with Crippen LogP contribution >= 0.6 is 11.3 Å². The Bertz CT molecular complexity index is 361. The lowest BCUT2D eigenvalue weighted by atomic mass is 10.2. The lowest BCUT2D eigenvalue weighted by Crippen LogP contribution is -2.24. The number of hydrogen-bond donors (Lipinski definition) is 2. The van der Waals surface area contributed by atoms with Gasteiger partial charge < -0.3 is 10.6 Å². The van der Waals surface area contributed by atoms with Crippen molar-refractivity contribution in [3.63, 3.8) is 0 Å². The van der Waals surface area contributed by atoms with Gasteiger partial charge in [0, 0.05) is 13.6 Å². The first kappa shape index (κ1) is 11.3. The highest BCUT2D eigenvalue weighted by atomic mass is 32.1. The third kappa shape index (κ3) is 3.16. The van der Waals surface area contributed by atoms with Crippen LogP contribution in [-0.2, 0) is 0 Å². The zero-order valence-corrected chi connectivity index (χ0v) is 10.1. The third-order valence-corrected chi connectivity index (χ3v) is 3.54. The molecule has 1 amide bonds. The summed E-state index contributed by atoms with van der Waals surface area (Å²) >= 11 is 1.27. The Morgan fingerprint density at radius 3 is 2.94 bits per heavy atom. The van der Waals surface area contributed by atoms with Crippen molar-refractivity contribution >= 4 is 22.4 Å². The van der Waals surface area contributed by atoms with E-state index in [0.29, 0.717) is 10.1 Å². The van der Waals surface area contributed by atoms with E-state index in [1.54, 1.807) is 7.05 Å². The minimum atomic E-state index is -0.116. The minimum Gasteiger partial charge on any atom is -0.363 e. The number of nitrogens with zero attached hydrogens (tertiary/aromatic N) is 2. The van der Waals surface area contributed by atoms with Crippen LogP contribution in [0, 0.1) is 5.92 Å². The van der Waals surface area contributed by atoms with Crippen LogP contribution in [0.25, 0.3) is 0 Å². The molecule has 6 heteroatoms. The molecule has 0 spiro atoms. The van der Waals surface area contributed by atoms with E-state index >= 15 is 0 Å². The zero-order valence-electron chi connectivity index (χ0n) is 9.32. The molecule has 1 aliphatic carbocycles. The van der Waals surface area contributed by atoms with Gasteiger partial charge in [0.15, 0.2) is 0 Å². The number of hydrogen-bond acceptors (Lipinski definition) is 5. The lowest BCUT2D eigenvalue weighted by molar-refractivity contribution is 0.0951. The number of carbonyl (C=O) groups is 1. The molecule has 1 heterocycles. The number of amides is 1. The summed E-state index contributed by atoms with van der Waals surface area (Å²) in [5, 5.41) is 14.4. The number of anilines is 1. The first-order valence-corrected chi connectivity index (χ1v) is 6.40. The summed E-state index contributed by atoms with van der Waals surface area (Å²) in [6.07, 6.45) is 5.04. The Morgan fingerprint density at radius 1 is 1.50 bits per heavy atom. The second kappa shape index (κ2) is 5.25. The summed E-state index contributed by atoms with van der Waals surface area (Å²) in [5.41, 5.74) is 0. The average Bonchev–Trinajstić information content (AvgIpc) is 2.99. The molecule has 1 aliphatic rings. The van der Waals surface area contributed by atoms with Gasteiger partial charge in [-0.15, -0.1) is 10.2 Å². The highest BCUT2D eigenvalue weighted by Gasteiger charge is 2.20. The Morgan fingerprint density at radius 2 is 2.31 bits per heavy atom. The third-order valence-electron chi connectivity index (χ3n) is 2.60. The van der Waals surface area contributed by atoms with Crippen molar-refractivity contribution in [3.05, 3.63) is 5.01 Å². The van der Waals surface area contributed by atoms with Crippen molar-refractivity contribution in [1.82, 2.24) is 15.5 Å². The minimum absolute atomic E-state index is 0.116. The molecular formula is C10H16N4OS. The number of carbonyl (C=O) groups excluding carboxylic acids is 1. The lowest BCUT2D eigenvalue weighted by Gasteiger charge is -2.01. The Hall–Kier alpha value is -1.17. The highest BCUT2D eigenvalue weighted by Crippen LogP contribution is 2.33. The number of aromatic nitrogens is 2. The summed E-state index contributed by atoms with van der Waals surface area (Å²) in [7, 11) is 1.76. The number of rotatable bonds is 6. The maximum Gasteiger partial charge on any atom is 0.282 e. The van der Waals surface area contributed by atoms with Crippen LogP contribution in [0.5, 0.6) is 0 Å². The molecule has 88 valence electrons. The molecule has 1 fully saturated rings. The number of nitrogens with one attached hydrogen (secondary N) is 2.